The van der Waals surface area contributed by atoms with Crippen molar-refractivity contribution in [2.45, 2.75) is 12.5 Å². The highest BCUT2D eigenvalue weighted by Gasteiger charge is 2.30. The van der Waals surface area contributed by atoms with Gasteiger partial charge in [-0.3, -0.25) is 14.7 Å². The number of methoxy groups -OCH3 is 1. The number of rotatable bonds is 4. The Morgan fingerprint density at radius 2 is 2.08 bits per heavy atom. The molecule has 1 aliphatic heterocycles. The van der Waals surface area contributed by atoms with Crippen LogP contribution in [0.4, 0.5) is 0 Å². The Balaban J connectivity index is 1.74. The first kappa shape index (κ1) is 16.5. The molecule has 1 aromatic heterocycles. The van der Waals surface area contributed by atoms with Crippen molar-refractivity contribution in [3.05, 3.63) is 59.9 Å². The number of nitrogens with zero attached hydrogens (tertiary/aromatic N) is 3. The Bertz CT molecular complexity index is 690. The van der Waals surface area contributed by atoms with Crippen molar-refractivity contribution in [1.82, 2.24) is 14.8 Å². The van der Waals surface area contributed by atoms with Crippen molar-refractivity contribution in [3.63, 3.8) is 0 Å². The molecular weight excluding hydrogens is 302 g/mol. The Morgan fingerprint density at radius 3 is 2.83 bits per heavy atom. The van der Waals surface area contributed by atoms with Gasteiger partial charge in [0.25, 0.3) is 0 Å². The largest absolute Gasteiger partial charge is 0.496 e. The van der Waals surface area contributed by atoms with Crippen LogP contribution in [0.5, 0.6) is 5.75 Å². The fourth-order valence-electron chi connectivity index (χ4n) is 3.17. The number of ether oxygens (including phenoxy) is 1. The summed E-state index contributed by atoms with van der Waals surface area (Å²) in [5.41, 5.74) is 2.08. The van der Waals surface area contributed by atoms with Gasteiger partial charge in [0, 0.05) is 37.6 Å². The van der Waals surface area contributed by atoms with E-state index in [1.165, 1.54) is 0 Å². The van der Waals surface area contributed by atoms with E-state index in [2.05, 4.69) is 23.0 Å². The molecule has 1 aliphatic rings. The highest BCUT2D eigenvalue weighted by Crippen LogP contribution is 2.31. The molecule has 5 heteroatoms. The SMILES string of the molecule is COc1ccccc1C1CN(C(=O)Cc2cccnc2)CCN1C. The van der Waals surface area contributed by atoms with Crippen LogP contribution in [0.25, 0.3) is 0 Å². The van der Waals surface area contributed by atoms with Crippen LogP contribution in [0.15, 0.2) is 48.8 Å². The first-order valence-electron chi connectivity index (χ1n) is 8.19. The highest BCUT2D eigenvalue weighted by molar-refractivity contribution is 5.78. The number of hydrogen-bond donors (Lipinski definition) is 0. The lowest BCUT2D eigenvalue weighted by Gasteiger charge is -2.40. The molecule has 1 atom stereocenters. The van der Waals surface area contributed by atoms with Gasteiger partial charge >= 0.3 is 0 Å². The molecule has 2 aromatic rings. The number of aromatic nitrogens is 1. The number of hydrogen-bond acceptors (Lipinski definition) is 4. The van der Waals surface area contributed by atoms with E-state index in [4.69, 9.17) is 4.74 Å². The van der Waals surface area contributed by atoms with Gasteiger partial charge in [-0.1, -0.05) is 24.3 Å². The summed E-state index contributed by atoms with van der Waals surface area (Å²) in [5.74, 6) is 1.02. The van der Waals surface area contributed by atoms with E-state index >= 15 is 0 Å². The summed E-state index contributed by atoms with van der Waals surface area (Å²) in [6, 6.07) is 12.0. The number of amides is 1. The van der Waals surface area contributed by atoms with Gasteiger partial charge in [0.1, 0.15) is 5.75 Å². The van der Waals surface area contributed by atoms with Gasteiger partial charge in [-0.15, -0.1) is 0 Å². The van der Waals surface area contributed by atoms with Crippen LogP contribution in [0.1, 0.15) is 17.2 Å². The summed E-state index contributed by atoms with van der Waals surface area (Å²) in [7, 11) is 3.78. The molecular formula is C19H23N3O2. The first-order chi connectivity index (χ1) is 11.7. The fourth-order valence-corrected chi connectivity index (χ4v) is 3.17. The molecule has 0 aliphatic carbocycles. The zero-order valence-corrected chi connectivity index (χ0v) is 14.2. The molecule has 1 unspecified atom stereocenters. The highest BCUT2D eigenvalue weighted by atomic mass is 16.5. The lowest BCUT2D eigenvalue weighted by atomic mass is 10.0. The number of carbonyl (C=O) groups excluding carboxylic acids is 1. The molecule has 0 saturated carbocycles. The summed E-state index contributed by atoms with van der Waals surface area (Å²) in [4.78, 5) is 21.0. The van der Waals surface area contributed by atoms with Gasteiger partial charge in [-0.25, -0.2) is 0 Å². The van der Waals surface area contributed by atoms with Crippen LogP contribution < -0.4 is 4.74 Å². The minimum absolute atomic E-state index is 0.146. The number of piperazine rings is 1. The Kier molecular flexibility index (Phi) is 5.11. The van der Waals surface area contributed by atoms with E-state index in [1.54, 1.807) is 19.5 Å². The maximum Gasteiger partial charge on any atom is 0.227 e. The topological polar surface area (TPSA) is 45.7 Å². The second-order valence-electron chi connectivity index (χ2n) is 6.12. The van der Waals surface area contributed by atoms with Gasteiger partial charge in [-0.05, 0) is 24.7 Å². The van der Waals surface area contributed by atoms with Gasteiger partial charge in [0.05, 0.1) is 19.6 Å². The predicted octanol–water partition coefficient (Wildman–Crippen LogP) is 2.15. The third-order valence-corrected chi connectivity index (χ3v) is 4.58. The van der Waals surface area contributed by atoms with Crippen molar-refractivity contribution in [2.75, 3.05) is 33.8 Å². The van der Waals surface area contributed by atoms with Crippen molar-refractivity contribution in [3.8, 4) is 5.75 Å². The number of para-hydroxylation sites is 1. The van der Waals surface area contributed by atoms with Crippen molar-refractivity contribution >= 4 is 5.91 Å². The Morgan fingerprint density at radius 1 is 1.25 bits per heavy atom. The van der Waals surface area contributed by atoms with Gasteiger partial charge in [0.15, 0.2) is 0 Å². The number of pyridine rings is 1. The maximum atomic E-state index is 12.7. The number of carbonyl (C=O) groups is 1. The molecule has 126 valence electrons. The Labute approximate surface area is 142 Å². The van der Waals surface area contributed by atoms with Crippen LogP contribution in [-0.4, -0.2) is 54.5 Å². The van der Waals surface area contributed by atoms with Crippen LogP contribution in [0.3, 0.4) is 0 Å². The quantitative estimate of drug-likeness (QED) is 0.864. The summed E-state index contributed by atoms with van der Waals surface area (Å²) >= 11 is 0. The minimum atomic E-state index is 0.146. The Hall–Kier alpha value is -2.40. The molecule has 5 nitrogen and oxygen atoms in total. The van der Waals surface area contributed by atoms with Crippen molar-refractivity contribution in [2.24, 2.45) is 0 Å². The van der Waals surface area contributed by atoms with Crippen molar-refractivity contribution in [1.29, 1.82) is 0 Å². The number of likely N-dealkylation sites (N-methyl/N-ethyl adjacent to an activating group) is 1. The zero-order valence-electron chi connectivity index (χ0n) is 14.2. The summed E-state index contributed by atoms with van der Waals surface area (Å²) in [6.45, 7) is 2.28. The average Bonchev–Trinajstić information content (AvgIpc) is 2.63. The third kappa shape index (κ3) is 3.57. The summed E-state index contributed by atoms with van der Waals surface area (Å²) in [6.07, 6.45) is 3.88. The lowest BCUT2D eigenvalue weighted by Crippen LogP contribution is -2.49. The first-order valence-corrected chi connectivity index (χ1v) is 8.19. The van der Waals surface area contributed by atoms with E-state index in [-0.39, 0.29) is 11.9 Å². The normalized spacial score (nSPS) is 18.4. The molecule has 0 spiro atoms. The standard InChI is InChI=1S/C19H23N3O2/c1-21-10-11-22(19(23)12-15-6-5-9-20-13-15)14-17(21)16-7-3-4-8-18(16)24-2/h3-9,13,17H,10-12,14H2,1-2H3. The molecule has 3 rings (SSSR count). The van der Waals surface area contributed by atoms with Crippen LogP contribution in [-0.2, 0) is 11.2 Å². The smallest absolute Gasteiger partial charge is 0.227 e. The van der Waals surface area contributed by atoms with E-state index < -0.39 is 0 Å². The molecule has 0 bridgehead atoms. The predicted molar refractivity (Wildman–Crippen MR) is 92.9 cm³/mol. The van der Waals surface area contributed by atoms with E-state index in [0.717, 1.165) is 30.0 Å². The van der Waals surface area contributed by atoms with Crippen LogP contribution in [0, 0.1) is 0 Å². The van der Waals surface area contributed by atoms with E-state index in [1.807, 2.05) is 35.2 Å². The summed E-state index contributed by atoms with van der Waals surface area (Å²) < 4.78 is 5.50. The lowest BCUT2D eigenvalue weighted by molar-refractivity contribution is -0.133. The molecule has 0 N–H and O–H groups in total. The van der Waals surface area contributed by atoms with E-state index in [9.17, 15) is 4.79 Å². The zero-order chi connectivity index (χ0) is 16.9. The van der Waals surface area contributed by atoms with Crippen LogP contribution in [0.2, 0.25) is 0 Å². The molecule has 1 aromatic carbocycles. The van der Waals surface area contributed by atoms with Gasteiger partial charge < -0.3 is 9.64 Å². The number of benzene rings is 1. The second-order valence-corrected chi connectivity index (χ2v) is 6.12. The third-order valence-electron chi connectivity index (χ3n) is 4.58. The molecule has 24 heavy (non-hydrogen) atoms. The average molecular weight is 325 g/mol. The second kappa shape index (κ2) is 7.45. The molecule has 1 saturated heterocycles. The summed E-state index contributed by atoms with van der Waals surface area (Å²) in [5, 5.41) is 0. The van der Waals surface area contributed by atoms with E-state index in [0.29, 0.717) is 13.0 Å². The maximum absolute atomic E-state index is 12.7. The van der Waals surface area contributed by atoms with Gasteiger partial charge in [0.2, 0.25) is 5.91 Å². The minimum Gasteiger partial charge on any atom is -0.496 e. The van der Waals surface area contributed by atoms with Gasteiger partial charge in [-0.2, -0.15) is 0 Å². The monoisotopic (exact) mass is 325 g/mol. The molecule has 0 radical (unpaired) electrons. The molecule has 1 fully saturated rings. The fraction of sp³-hybridized carbons (Fsp3) is 0.368. The van der Waals surface area contributed by atoms with Crippen molar-refractivity contribution < 1.29 is 9.53 Å². The molecule has 1 amide bonds. The van der Waals surface area contributed by atoms with Crippen LogP contribution >= 0.6 is 0 Å². The molecule has 2 heterocycles.